The minimum absolute atomic E-state index is 0.129. The van der Waals surface area contributed by atoms with Gasteiger partial charge >= 0.3 is 0 Å². The molecule has 1 aliphatic carbocycles. The zero-order valence-electron chi connectivity index (χ0n) is 16.1. The number of aromatic nitrogens is 2. The van der Waals surface area contributed by atoms with E-state index in [1.54, 1.807) is 30.1 Å². The van der Waals surface area contributed by atoms with Crippen LogP contribution in [0.25, 0.3) is 10.9 Å². The predicted molar refractivity (Wildman–Crippen MR) is 113 cm³/mol. The van der Waals surface area contributed by atoms with E-state index in [9.17, 15) is 14.9 Å². The summed E-state index contributed by atoms with van der Waals surface area (Å²) < 4.78 is 0. The van der Waals surface area contributed by atoms with Gasteiger partial charge in [0, 0.05) is 4.88 Å². The molecule has 0 unspecified atom stereocenters. The number of hydrogen-bond donors (Lipinski definition) is 2. The topological polar surface area (TPSA) is 102 Å². The molecule has 0 bridgehead atoms. The first kappa shape index (κ1) is 19.3. The third-order valence-corrected chi connectivity index (χ3v) is 6.24. The maximum absolute atomic E-state index is 12.5. The number of thiophene rings is 1. The number of likely N-dealkylation sites (N-methyl/N-ethyl adjacent to an activating group) is 1. The van der Waals surface area contributed by atoms with Crippen molar-refractivity contribution < 1.29 is 4.79 Å². The number of aryl methyl sites for hydroxylation is 1. The van der Waals surface area contributed by atoms with Gasteiger partial charge in [-0.2, -0.15) is 5.26 Å². The van der Waals surface area contributed by atoms with E-state index in [1.807, 2.05) is 6.07 Å². The van der Waals surface area contributed by atoms with Gasteiger partial charge in [0.2, 0.25) is 5.91 Å². The van der Waals surface area contributed by atoms with Crippen LogP contribution in [0, 0.1) is 11.3 Å². The van der Waals surface area contributed by atoms with Gasteiger partial charge in [0.25, 0.3) is 5.56 Å². The van der Waals surface area contributed by atoms with E-state index < -0.39 is 0 Å². The summed E-state index contributed by atoms with van der Waals surface area (Å²) in [5, 5.41) is 13.6. The molecule has 148 valence electrons. The largest absolute Gasteiger partial charge is 0.315 e. The molecule has 1 aromatic carbocycles. The summed E-state index contributed by atoms with van der Waals surface area (Å²) in [6, 6.07) is 9.42. The second-order valence-electron chi connectivity index (χ2n) is 7.28. The van der Waals surface area contributed by atoms with Crippen LogP contribution < -0.4 is 10.9 Å². The molecule has 0 atom stereocenters. The molecule has 0 spiro atoms. The van der Waals surface area contributed by atoms with Gasteiger partial charge in [0.05, 0.1) is 29.6 Å². The highest BCUT2D eigenvalue weighted by molar-refractivity contribution is 7.16. The molecule has 8 heteroatoms. The Hall–Kier alpha value is -3.02. The van der Waals surface area contributed by atoms with E-state index in [2.05, 4.69) is 21.4 Å². The van der Waals surface area contributed by atoms with E-state index in [-0.39, 0.29) is 18.0 Å². The zero-order chi connectivity index (χ0) is 20.4. The summed E-state index contributed by atoms with van der Waals surface area (Å²) in [6.07, 6.45) is 4.11. The lowest BCUT2D eigenvalue weighted by atomic mass is 9.96. The Kier molecular flexibility index (Phi) is 5.43. The summed E-state index contributed by atoms with van der Waals surface area (Å²) in [5.41, 5.74) is 2.16. The monoisotopic (exact) mass is 407 g/mol. The maximum Gasteiger partial charge on any atom is 0.258 e. The summed E-state index contributed by atoms with van der Waals surface area (Å²) >= 11 is 1.52. The zero-order valence-corrected chi connectivity index (χ0v) is 16.9. The molecule has 1 amide bonds. The van der Waals surface area contributed by atoms with Gasteiger partial charge in [-0.1, -0.05) is 12.1 Å². The summed E-state index contributed by atoms with van der Waals surface area (Å²) in [4.78, 5) is 35.0. The number of aromatic amines is 1. The highest BCUT2D eigenvalue weighted by Crippen LogP contribution is 2.37. The van der Waals surface area contributed by atoms with Crippen LogP contribution >= 0.6 is 11.3 Å². The van der Waals surface area contributed by atoms with Crippen LogP contribution in [0.3, 0.4) is 0 Å². The number of nitrogens with one attached hydrogen (secondary N) is 2. The molecule has 3 aromatic rings. The summed E-state index contributed by atoms with van der Waals surface area (Å²) in [7, 11) is 1.79. The lowest BCUT2D eigenvalue weighted by Gasteiger charge is -2.15. The fourth-order valence-electron chi connectivity index (χ4n) is 3.70. The van der Waals surface area contributed by atoms with Crippen molar-refractivity contribution in [3.05, 3.63) is 56.4 Å². The van der Waals surface area contributed by atoms with Gasteiger partial charge in [-0.05, 0) is 50.4 Å². The van der Waals surface area contributed by atoms with Crippen molar-refractivity contribution in [2.24, 2.45) is 0 Å². The van der Waals surface area contributed by atoms with E-state index >= 15 is 0 Å². The number of rotatable bonds is 5. The minimum atomic E-state index is -0.189. The molecular weight excluding hydrogens is 386 g/mol. The Labute approximate surface area is 172 Å². The maximum atomic E-state index is 12.5. The Morgan fingerprint density at radius 2 is 2.14 bits per heavy atom. The standard InChI is InChI=1S/C21H21N5O2S/c1-26(11-18-23-16-8-4-2-7-14(16)20(28)24-18)12-19(27)25-21-15(10-22)13-6-3-5-9-17(13)29-21/h2,4,7-8H,3,5-6,9,11-12H2,1H3,(H,25,27)(H,23,24,28). The van der Waals surface area contributed by atoms with Crippen LogP contribution in [-0.2, 0) is 24.2 Å². The van der Waals surface area contributed by atoms with Gasteiger partial charge in [-0.3, -0.25) is 14.5 Å². The highest BCUT2D eigenvalue weighted by Gasteiger charge is 2.22. The number of carbonyl (C=O) groups excluding carboxylic acids is 1. The molecule has 2 heterocycles. The molecule has 2 aromatic heterocycles. The number of carbonyl (C=O) groups is 1. The van der Waals surface area contributed by atoms with Gasteiger partial charge in [0.15, 0.2) is 0 Å². The van der Waals surface area contributed by atoms with Crippen LogP contribution in [0.1, 0.15) is 34.7 Å². The molecule has 4 rings (SSSR count). The van der Waals surface area contributed by atoms with Gasteiger partial charge < -0.3 is 10.3 Å². The number of H-pyrrole nitrogens is 1. The molecule has 2 N–H and O–H groups in total. The molecule has 1 aliphatic rings. The summed E-state index contributed by atoms with van der Waals surface area (Å²) in [5.74, 6) is 0.319. The highest BCUT2D eigenvalue weighted by atomic mass is 32.1. The number of para-hydroxylation sites is 1. The van der Waals surface area contributed by atoms with Crippen molar-refractivity contribution in [1.82, 2.24) is 14.9 Å². The third kappa shape index (κ3) is 4.06. The van der Waals surface area contributed by atoms with Gasteiger partial charge in [0.1, 0.15) is 16.9 Å². The molecule has 0 fully saturated rings. The number of amides is 1. The third-order valence-electron chi connectivity index (χ3n) is 5.03. The van der Waals surface area contributed by atoms with Crippen molar-refractivity contribution >= 4 is 33.1 Å². The Morgan fingerprint density at radius 1 is 1.34 bits per heavy atom. The molecule has 0 saturated heterocycles. The second-order valence-corrected chi connectivity index (χ2v) is 8.38. The Morgan fingerprint density at radius 3 is 2.97 bits per heavy atom. The Bertz CT molecular complexity index is 1170. The second kappa shape index (κ2) is 8.15. The van der Waals surface area contributed by atoms with Crippen molar-refractivity contribution in [2.75, 3.05) is 18.9 Å². The van der Waals surface area contributed by atoms with E-state index in [0.29, 0.717) is 33.8 Å². The lowest BCUT2D eigenvalue weighted by molar-refractivity contribution is -0.117. The number of benzene rings is 1. The van der Waals surface area contributed by atoms with Crippen molar-refractivity contribution in [1.29, 1.82) is 5.26 Å². The number of hydrogen-bond acceptors (Lipinski definition) is 6. The SMILES string of the molecule is CN(CC(=O)Nc1sc2c(c1C#N)CCCC2)Cc1nc2ccccc2c(=O)[nH]1. The van der Waals surface area contributed by atoms with Crippen molar-refractivity contribution in [3.8, 4) is 6.07 Å². The van der Waals surface area contributed by atoms with Gasteiger partial charge in [-0.25, -0.2) is 4.98 Å². The van der Waals surface area contributed by atoms with Crippen molar-refractivity contribution in [3.63, 3.8) is 0 Å². The quantitative estimate of drug-likeness (QED) is 0.677. The van der Waals surface area contributed by atoms with Crippen LogP contribution in [0.4, 0.5) is 5.00 Å². The molecule has 7 nitrogen and oxygen atoms in total. The predicted octanol–water partition coefficient (Wildman–Crippen LogP) is 2.81. The van der Waals surface area contributed by atoms with Crippen LogP contribution in [0.5, 0.6) is 0 Å². The first-order valence-electron chi connectivity index (χ1n) is 9.56. The van der Waals surface area contributed by atoms with Crippen LogP contribution in [0.2, 0.25) is 0 Å². The van der Waals surface area contributed by atoms with Crippen LogP contribution in [0.15, 0.2) is 29.1 Å². The lowest BCUT2D eigenvalue weighted by Crippen LogP contribution is -2.31. The van der Waals surface area contributed by atoms with Crippen molar-refractivity contribution in [2.45, 2.75) is 32.2 Å². The van der Waals surface area contributed by atoms with E-state index in [0.717, 1.165) is 31.2 Å². The normalized spacial score (nSPS) is 13.3. The van der Waals surface area contributed by atoms with Crippen LogP contribution in [-0.4, -0.2) is 34.4 Å². The average molecular weight is 407 g/mol. The molecule has 0 radical (unpaired) electrons. The first-order valence-corrected chi connectivity index (χ1v) is 10.4. The summed E-state index contributed by atoms with van der Waals surface area (Å²) in [6.45, 7) is 0.462. The molecule has 0 saturated carbocycles. The number of nitriles is 1. The fourth-order valence-corrected chi connectivity index (χ4v) is 4.96. The van der Waals surface area contributed by atoms with E-state index in [1.165, 1.54) is 16.2 Å². The number of nitrogens with zero attached hydrogens (tertiary/aromatic N) is 3. The first-order chi connectivity index (χ1) is 14.0. The molecular formula is C21H21N5O2S. The molecule has 0 aliphatic heterocycles. The van der Waals surface area contributed by atoms with Gasteiger partial charge in [-0.15, -0.1) is 11.3 Å². The smallest absolute Gasteiger partial charge is 0.258 e. The minimum Gasteiger partial charge on any atom is -0.315 e. The Balaban J connectivity index is 1.44. The average Bonchev–Trinajstić information content (AvgIpc) is 3.04. The number of fused-ring (bicyclic) bond motifs is 2. The fraction of sp³-hybridized carbons (Fsp3) is 0.333. The molecule has 29 heavy (non-hydrogen) atoms. The number of anilines is 1. The van der Waals surface area contributed by atoms with E-state index in [4.69, 9.17) is 0 Å².